The molecule has 0 bridgehead atoms. The lowest BCUT2D eigenvalue weighted by Gasteiger charge is -2.27. The third-order valence-corrected chi connectivity index (χ3v) is 4.48. The molecule has 8 heteroatoms. The molecule has 1 atom stereocenters. The number of fused-ring (bicyclic) bond motifs is 1. The average molecular weight is 344 g/mol. The number of nitrogens with zero attached hydrogens (tertiary/aromatic N) is 2. The summed E-state index contributed by atoms with van der Waals surface area (Å²) in [4.78, 5) is 44.2. The van der Waals surface area contributed by atoms with E-state index >= 15 is 0 Å². The standard InChI is InChI=1S/C16H16N4O3S/c1-10-8-14(22)18-11-4-2-3-5-12(11)20(10)15(23)9-24-16-17-7-6-13(21)19-16/h2-7,10H,8-9H2,1H3,(H,18,22)(H,17,19,21)/t10-/m0/s1. The van der Waals surface area contributed by atoms with E-state index < -0.39 is 0 Å². The van der Waals surface area contributed by atoms with Gasteiger partial charge < -0.3 is 15.2 Å². The van der Waals surface area contributed by atoms with Crippen molar-refractivity contribution in [1.29, 1.82) is 0 Å². The van der Waals surface area contributed by atoms with Crippen LogP contribution >= 0.6 is 11.8 Å². The van der Waals surface area contributed by atoms with Crippen molar-refractivity contribution in [2.24, 2.45) is 0 Å². The number of benzene rings is 1. The summed E-state index contributed by atoms with van der Waals surface area (Å²) in [6, 6.07) is 8.27. The van der Waals surface area contributed by atoms with Crippen LogP contribution in [-0.2, 0) is 9.59 Å². The fourth-order valence-corrected chi connectivity index (χ4v) is 3.30. The summed E-state index contributed by atoms with van der Waals surface area (Å²) in [5, 5.41) is 3.21. The number of anilines is 2. The van der Waals surface area contributed by atoms with Gasteiger partial charge in [-0.25, -0.2) is 4.98 Å². The largest absolute Gasteiger partial charge is 0.324 e. The van der Waals surface area contributed by atoms with Crippen LogP contribution in [-0.4, -0.2) is 33.6 Å². The first kappa shape index (κ1) is 16.3. The average Bonchev–Trinajstić information content (AvgIpc) is 2.67. The molecule has 0 saturated heterocycles. The van der Waals surface area contributed by atoms with E-state index in [0.29, 0.717) is 16.5 Å². The normalized spacial score (nSPS) is 17.0. The molecular formula is C16H16N4O3S. The van der Waals surface area contributed by atoms with Gasteiger partial charge in [-0.1, -0.05) is 23.9 Å². The van der Waals surface area contributed by atoms with Crippen molar-refractivity contribution < 1.29 is 9.59 Å². The number of aromatic nitrogens is 2. The molecule has 2 N–H and O–H groups in total. The lowest BCUT2D eigenvalue weighted by atomic mass is 10.2. The maximum Gasteiger partial charge on any atom is 0.251 e. The zero-order valence-corrected chi connectivity index (χ0v) is 13.8. The van der Waals surface area contributed by atoms with E-state index in [4.69, 9.17) is 0 Å². The molecule has 1 aromatic heterocycles. The molecule has 124 valence electrons. The summed E-state index contributed by atoms with van der Waals surface area (Å²) in [5.74, 6) is -0.158. The van der Waals surface area contributed by atoms with Gasteiger partial charge in [0.15, 0.2) is 5.16 Å². The van der Waals surface area contributed by atoms with Gasteiger partial charge in [0, 0.05) is 24.7 Å². The smallest absolute Gasteiger partial charge is 0.251 e. The molecule has 0 radical (unpaired) electrons. The van der Waals surface area contributed by atoms with E-state index in [1.54, 1.807) is 11.0 Å². The molecule has 0 fully saturated rings. The monoisotopic (exact) mass is 344 g/mol. The number of rotatable bonds is 3. The van der Waals surface area contributed by atoms with Gasteiger partial charge in [-0.3, -0.25) is 14.4 Å². The fraction of sp³-hybridized carbons (Fsp3) is 0.250. The highest BCUT2D eigenvalue weighted by atomic mass is 32.2. The highest BCUT2D eigenvalue weighted by Crippen LogP contribution is 2.31. The van der Waals surface area contributed by atoms with Crippen LogP contribution in [0.4, 0.5) is 11.4 Å². The second-order valence-electron chi connectivity index (χ2n) is 5.41. The molecule has 0 spiro atoms. The van der Waals surface area contributed by atoms with Crippen molar-refractivity contribution in [2.45, 2.75) is 24.5 Å². The van der Waals surface area contributed by atoms with Crippen LogP contribution in [0.25, 0.3) is 0 Å². The molecule has 7 nitrogen and oxygen atoms in total. The predicted molar refractivity (Wildman–Crippen MR) is 92.2 cm³/mol. The van der Waals surface area contributed by atoms with E-state index in [1.165, 1.54) is 12.3 Å². The number of para-hydroxylation sites is 2. The van der Waals surface area contributed by atoms with Crippen LogP contribution in [0.2, 0.25) is 0 Å². The molecule has 2 heterocycles. The van der Waals surface area contributed by atoms with Crippen molar-refractivity contribution in [3.05, 3.63) is 46.9 Å². The number of hydrogen-bond acceptors (Lipinski definition) is 5. The Labute approximate surface area is 142 Å². The molecule has 2 amide bonds. The van der Waals surface area contributed by atoms with Crippen LogP contribution in [0.3, 0.4) is 0 Å². The first-order chi connectivity index (χ1) is 11.5. The van der Waals surface area contributed by atoms with E-state index in [-0.39, 0.29) is 35.6 Å². The van der Waals surface area contributed by atoms with Crippen molar-refractivity contribution >= 4 is 35.0 Å². The van der Waals surface area contributed by atoms with Crippen molar-refractivity contribution in [3.8, 4) is 0 Å². The summed E-state index contributed by atoms with van der Waals surface area (Å²) in [7, 11) is 0. The number of carbonyl (C=O) groups is 2. The Balaban J connectivity index is 1.82. The number of carbonyl (C=O) groups excluding carboxylic acids is 2. The van der Waals surface area contributed by atoms with Crippen LogP contribution < -0.4 is 15.8 Å². The SMILES string of the molecule is C[C@H]1CC(=O)Nc2ccccc2N1C(=O)CSc1nccc(=O)[nH]1. The quantitative estimate of drug-likeness (QED) is 0.652. The lowest BCUT2D eigenvalue weighted by Crippen LogP contribution is -2.40. The Kier molecular flexibility index (Phi) is 4.66. The summed E-state index contributed by atoms with van der Waals surface area (Å²) in [6.45, 7) is 1.84. The van der Waals surface area contributed by atoms with Gasteiger partial charge in [0.25, 0.3) is 5.56 Å². The molecule has 1 aliphatic heterocycles. The molecule has 0 saturated carbocycles. The Bertz CT molecular complexity index is 836. The number of amides is 2. The van der Waals surface area contributed by atoms with Crippen molar-refractivity contribution in [2.75, 3.05) is 16.0 Å². The summed E-state index contributed by atoms with van der Waals surface area (Å²) < 4.78 is 0. The van der Waals surface area contributed by atoms with Gasteiger partial charge in [0.1, 0.15) is 0 Å². The zero-order valence-electron chi connectivity index (χ0n) is 13.0. The summed E-state index contributed by atoms with van der Waals surface area (Å²) in [5.41, 5.74) is 1.04. The Hall–Kier alpha value is -2.61. The predicted octanol–water partition coefficient (Wildman–Crippen LogP) is 1.63. The van der Waals surface area contributed by atoms with Gasteiger partial charge in [-0.2, -0.15) is 0 Å². The molecule has 3 rings (SSSR count). The molecule has 2 aromatic rings. The van der Waals surface area contributed by atoms with E-state index in [2.05, 4.69) is 15.3 Å². The zero-order chi connectivity index (χ0) is 17.1. The van der Waals surface area contributed by atoms with E-state index in [0.717, 1.165) is 11.8 Å². The van der Waals surface area contributed by atoms with Gasteiger partial charge >= 0.3 is 0 Å². The first-order valence-electron chi connectivity index (χ1n) is 7.43. The number of hydrogen-bond donors (Lipinski definition) is 2. The summed E-state index contributed by atoms with van der Waals surface area (Å²) in [6.07, 6.45) is 1.63. The second kappa shape index (κ2) is 6.88. The first-order valence-corrected chi connectivity index (χ1v) is 8.42. The Morgan fingerprint density at radius 2 is 2.12 bits per heavy atom. The Morgan fingerprint density at radius 1 is 1.33 bits per heavy atom. The van der Waals surface area contributed by atoms with Gasteiger partial charge in [0.05, 0.1) is 17.1 Å². The molecular weight excluding hydrogens is 328 g/mol. The third kappa shape index (κ3) is 3.48. The highest BCUT2D eigenvalue weighted by molar-refractivity contribution is 7.99. The number of thioether (sulfide) groups is 1. The molecule has 0 aliphatic carbocycles. The molecule has 0 unspecified atom stereocenters. The molecule has 1 aliphatic rings. The lowest BCUT2D eigenvalue weighted by molar-refractivity contribution is -0.117. The van der Waals surface area contributed by atoms with Crippen LogP contribution in [0, 0.1) is 0 Å². The number of H-pyrrole nitrogens is 1. The minimum Gasteiger partial charge on any atom is -0.324 e. The van der Waals surface area contributed by atoms with Crippen LogP contribution in [0.5, 0.6) is 0 Å². The van der Waals surface area contributed by atoms with E-state index in [9.17, 15) is 14.4 Å². The van der Waals surface area contributed by atoms with Gasteiger partial charge in [0.2, 0.25) is 11.8 Å². The maximum absolute atomic E-state index is 12.7. The minimum absolute atomic E-state index is 0.111. The second-order valence-corrected chi connectivity index (χ2v) is 6.37. The fourth-order valence-electron chi connectivity index (χ4n) is 2.59. The highest BCUT2D eigenvalue weighted by Gasteiger charge is 2.29. The van der Waals surface area contributed by atoms with Crippen molar-refractivity contribution in [3.63, 3.8) is 0 Å². The topological polar surface area (TPSA) is 95.2 Å². The maximum atomic E-state index is 12.7. The minimum atomic E-state index is -0.261. The number of nitrogens with one attached hydrogen (secondary N) is 2. The van der Waals surface area contributed by atoms with Gasteiger partial charge in [-0.05, 0) is 19.1 Å². The Morgan fingerprint density at radius 3 is 2.92 bits per heavy atom. The van der Waals surface area contributed by atoms with Crippen LogP contribution in [0.1, 0.15) is 13.3 Å². The van der Waals surface area contributed by atoms with Crippen molar-refractivity contribution in [1.82, 2.24) is 9.97 Å². The summed E-state index contributed by atoms with van der Waals surface area (Å²) >= 11 is 1.16. The van der Waals surface area contributed by atoms with E-state index in [1.807, 2.05) is 25.1 Å². The molecule has 24 heavy (non-hydrogen) atoms. The number of aromatic amines is 1. The van der Waals surface area contributed by atoms with Gasteiger partial charge in [-0.15, -0.1) is 0 Å². The third-order valence-electron chi connectivity index (χ3n) is 3.61. The van der Waals surface area contributed by atoms with Crippen LogP contribution in [0.15, 0.2) is 46.5 Å². The molecule has 1 aromatic carbocycles.